The van der Waals surface area contributed by atoms with Crippen LogP contribution in [0, 0.1) is 13.8 Å². The Bertz CT molecular complexity index is 1060. The van der Waals surface area contributed by atoms with Gasteiger partial charge in [0.05, 0.1) is 22.7 Å². The molecule has 0 saturated heterocycles. The van der Waals surface area contributed by atoms with Crippen molar-refractivity contribution in [2.45, 2.75) is 38.9 Å². The molecule has 3 rings (SSSR count). The highest BCUT2D eigenvalue weighted by molar-refractivity contribution is 7.99. The first kappa shape index (κ1) is 21.6. The number of carbonyl (C=O) groups is 2. The molecular weight excluding hydrogens is 396 g/mol. The zero-order valence-corrected chi connectivity index (χ0v) is 18.4. The van der Waals surface area contributed by atoms with Gasteiger partial charge in [0.25, 0.3) is 5.91 Å². The average molecular weight is 423 g/mol. The molecule has 6 nitrogen and oxygen atoms in total. The Labute approximate surface area is 181 Å². The van der Waals surface area contributed by atoms with Crippen LogP contribution in [0.4, 0.5) is 5.69 Å². The Morgan fingerprint density at radius 2 is 1.87 bits per heavy atom. The van der Waals surface area contributed by atoms with Gasteiger partial charge in [-0.15, -0.1) is 0 Å². The lowest BCUT2D eigenvalue weighted by Crippen LogP contribution is -2.31. The molecular formula is C23H26N4O2S. The van der Waals surface area contributed by atoms with E-state index in [9.17, 15) is 9.59 Å². The monoisotopic (exact) mass is 422 g/mol. The summed E-state index contributed by atoms with van der Waals surface area (Å²) in [5.74, 6) is -0.221. The quantitative estimate of drug-likeness (QED) is 0.555. The normalized spacial score (nSPS) is 10.8. The van der Waals surface area contributed by atoms with Gasteiger partial charge in [0.2, 0.25) is 5.91 Å². The number of aromatic nitrogens is 2. The molecule has 1 aromatic heterocycles. The Morgan fingerprint density at radius 1 is 1.10 bits per heavy atom. The molecule has 156 valence electrons. The van der Waals surface area contributed by atoms with Gasteiger partial charge in [-0.2, -0.15) is 0 Å². The fourth-order valence-electron chi connectivity index (χ4n) is 3.02. The van der Waals surface area contributed by atoms with Crippen molar-refractivity contribution in [2.24, 2.45) is 0 Å². The van der Waals surface area contributed by atoms with E-state index in [0.717, 1.165) is 10.8 Å². The second-order valence-electron chi connectivity index (χ2n) is 7.31. The van der Waals surface area contributed by atoms with E-state index in [2.05, 4.69) is 35.5 Å². The summed E-state index contributed by atoms with van der Waals surface area (Å²) in [7, 11) is 0. The van der Waals surface area contributed by atoms with Crippen LogP contribution in [0.15, 0.2) is 60.0 Å². The van der Waals surface area contributed by atoms with E-state index in [0.29, 0.717) is 11.3 Å². The first-order valence-corrected chi connectivity index (χ1v) is 10.8. The van der Waals surface area contributed by atoms with Crippen molar-refractivity contribution >= 4 is 29.3 Å². The number of nitrogens with zero attached hydrogens (tertiary/aromatic N) is 2. The molecule has 7 heteroatoms. The maximum Gasteiger partial charge on any atom is 0.253 e. The third-order valence-corrected chi connectivity index (χ3v) is 5.61. The van der Waals surface area contributed by atoms with Crippen molar-refractivity contribution in [1.82, 2.24) is 14.9 Å². The largest absolute Gasteiger partial charge is 0.350 e. The standard InChI is InChI=1S/C23H26N4O2S/c1-15(2)25-22(29)18-9-5-6-10-19(18)26-21(28)14-30-23-24-12-13-27(23)20-11-7-8-16(3)17(20)4/h5-13,15H,14H2,1-4H3,(H,25,29)(H,26,28). The van der Waals surface area contributed by atoms with Crippen molar-refractivity contribution in [2.75, 3.05) is 11.1 Å². The van der Waals surface area contributed by atoms with E-state index in [1.807, 2.05) is 36.7 Å². The van der Waals surface area contributed by atoms with Crippen LogP contribution in [0.3, 0.4) is 0 Å². The highest BCUT2D eigenvalue weighted by Gasteiger charge is 2.15. The van der Waals surface area contributed by atoms with Gasteiger partial charge in [-0.3, -0.25) is 14.2 Å². The minimum atomic E-state index is -0.209. The predicted octanol–water partition coefficient (Wildman–Crippen LogP) is 4.36. The number of carbonyl (C=O) groups excluding carboxylic acids is 2. The first-order chi connectivity index (χ1) is 14.4. The van der Waals surface area contributed by atoms with Crippen LogP contribution in [-0.4, -0.2) is 33.2 Å². The van der Waals surface area contributed by atoms with E-state index in [1.54, 1.807) is 30.5 Å². The van der Waals surface area contributed by atoms with Gasteiger partial charge in [-0.05, 0) is 57.0 Å². The highest BCUT2D eigenvalue weighted by atomic mass is 32.2. The average Bonchev–Trinajstić information content (AvgIpc) is 3.16. The molecule has 0 spiro atoms. The molecule has 3 aromatic rings. The number of aryl methyl sites for hydroxylation is 1. The van der Waals surface area contributed by atoms with Crippen LogP contribution in [0.25, 0.3) is 5.69 Å². The number of benzene rings is 2. The molecule has 2 aromatic carbocycles. The molecule has 1 heterocycles. The van der Waals surface area contributed by atoms with Gasteiger partial charge in [0.1, 0.15) is 0 Å². The summed E-state index contributed by atoms with van der Waals surface area (Å²) in [6.45, 7) is 7.94. The van der Waals surface area contributed by atoms with Crippen LogP contribution in [0.2, 0.25) is 0 Å². The summed E-state index contributed by atoms with van der Waals surface area (Å²) in [5, 5.41) is 6.44. The Hall–Kier alpha value is -3.06. The number of hydrogen-bond donors (Lipinski definition) is 2. The summed E-state index contributed by atoms with van der Waals surface area (Å²) in [6, 6.07) is 13.1. The first-order valence-electron chi connectivity index (χ1n) is 9.79. The Kier molecular flexibility index (Phi) is 6.95. The van der Waals surface area contributed by atoms with Gasteiger partial charge in [-0.1, -0.05) is 36.0 Å². The van der Waals surface area contributed by atoms with Crippen molar-refractivity contribution < 1.29 is 9.59 Å². The lowest BCUT2D eigenvalue weighted by atomic mass is 10.1. The summed E-state index contributed by atoms with van der Waals surface area (Å²) >= 11 is 1.35. The number of amides is 2. The van der Waals surface area contributed by atoms with Crippen molar-refractivity contribution in [3.8, 4) is 5.69 Å². The van der Waals surface area contributed by atoms with Crippen molar-refractivity contribution in [3.63, 3.8) is 0 Å². The number of hydrogen-bond acceptors (Lipinski definition) is 4. The maximum absolute atomic E-state index is 12.6. The van der Waals surface area contributed by atoms with E-state index in [4.69, 9.17) is 0 Å². The summed E-state index contributed by atoms with van der Waals surface area (Å²) in [4.78, 5) is 29.4. The van der Waals surface area contributed by atoms with Gasteiger partial charge in [0, 0.05) is 18.4 Å². The molecule has 0 fully saturated rings. The number of thioether (sulfide) groups is 1. The fraction of sp³-hybridized carbons (Fsp3) is 0.261. The van der Waals surface area contributed by atoms with E-state index in [-0.39, 0.29) is 23.6 Å². The Morgan fingerprint density at radius 3 is 2.63 bits per heavy atom. The summed E-state index contributed by atoms with van der Waals surface area (Å²) < 4.78 is 1.99. The number of nitrogens with one attached hydrogen (secondary N) is 2. The summed E-state index contributed by atoms with van der Waals surface area (Å²) in [5.41, 5.74) is 4.37. The minimum absolute atomic E-state index is 0.0146. The van der Waals surface area contributed by atoms with Crippen LogP contribution >= 0.6 is 11.8 Å². The number of anilines is 1. The molecule has 0 aliphatic heterocycles. The Balaban J connectivity index is 1.70. The molecule has 30 heavy (non-hydrogen) atoms. The van der Waals surface area contributed by atoms with Crippen molar-refractivity contribution in [1.29, 1.82) is 0 Å². The van der Waals surface area contributed by atoms with E-state index in [1.165, 1.54) is 22.9 Å². The minimum Gasteiger partial charge on any atom is -0.350 e. The van der Waals surface area contributed by atoms with Gasteiger partial charge < -0.3 is 10.6 Å². The number of para-hydroxylation sites is 1. The predicted molar refractivity (Wildman–Crippen MR) is 121 cm³/mol. The van der Waals surface area contributed by atoms with E-state index >= 15 is 0 Å². The molecule has 0 bridgehead atoms. The molecule has 0 saturated carbocycles. The maximum atomic E-state index is 12.6. The zero-order chi connectivity index (χ0) is 21.7. The van der Waals surface area contributed by atoms with Crippen molar-refractivity contribution in [3.05, 3.63) is 71.5 Å². The molecule has 0 aliphatic rings. The number of imidazole rings is 1. The van der Waals surface area contributed by atoms with Gasteiger partial charge in [0.15, 0.2) is 5.16 Å². The lowest BCUT2D eigenvalue weighted by Gasteiger charge is -2.14. The topological polar surface area (TPSA) is 76.0 Å². The van der Waals surface area contributed by atoms with Gasteiger partial charge >= 0.3 is 0 Å². The molecule has 2 N–H and O–H groups in total. The number of rotatable bonds is 7. The van der Waals surface area contributed by atoms with Gasteiger partial charge in [-0.25, -0.2) is 4.98 Å². The second kappa shape index (κ2) is 9.63. The molecule has 2 amide bonds. The zero-order valence-electron chi connectivity index (χ0n) is 17.6. The SMILES string of the molecule is Cc1cccc(-n2ccnc2SCC(=O)Nc2ccccc2C(=O)NC(C)C)c1C. The van der Waals surface area contributed by atoms with Crippen LogP contribution in [-0.2, 0) is 4.79 Å². The van der Waals surface area contributed by atoms with Crippen LogP contribution in [0.1, 0.15) is 35.3 Å². The molecule has 0 radical (unpaired) electrons. The lowest BCUT2D eigenvalue weighted by molar-refractivity contribution is -0.113. The third-order valence-electron chi connectivity index (χ3n) is 4.64. The third kappa shape index (κ3) is 5.10. The smallest absolute Gasteiger partial charge is 0.253 e. The molecule has 0 aliphatic carbocycles. The van der Waals surface area contributed by atoms with Crippen LogP contribution < -0.4 is 10.6 Å². The van der Waals surface area contributed by atoms with E-state index < -0.39 is 0 Å². The fourth-order valence-corrected chi connectivity index (χ4v) is 3.79. The second-order valence-corrected chi connectivity index (χ2v) is 8.25. The summed E-state index contributed by atoms with van der Waals surface area (Å²) in [6.07, 6.45) is 3.63. The molecule has 0 unspecified atom stereocenters. The van der Waals surface area contributed by atoms with Crippen LogP contribution in [0.5, 0.6) is 0 Å². The highest BCUT2D eigenvalue weighted by Crippen LogP contribution is 2.24. The molecule has 0 atom stereocenters.